The number of anilines is 6. The molecule has 5 heteroatoms. The van der Waals surface area contributed by atoms with E-state index in [1.54, 1.807) is 0 Å². The minimum atomic E-state index is -0.290. The molecule has 0 aliphatic carbocycles. The van der Waals surface area contributed by atoms with Crippen LogP contribution in [-0.2, 0) is 5.41 Å². The zero-order valence-corrected chi connectivity index (χ0v) is 48.7. The zero-order valence-electron chi connectivity index (χ0n) is 48.7. The molecule has 0 N–H and O–H groups in total. The molecule has 4 heterocycles. The van der Waals surface area contributed by atoms with Crippen molar-refractivity contribution in [3.63, 3.8) is 0 Å². The van der Waals surface area contributed by atoms with Crippen molar-refractivity contribution in [1.29, 1.82) is 0 Å². The van der Waals surface area contributed by atoms with Gasteiger partial charge >= 0.3 is 0 Å². The Labute approximate surface area is 507 Å². The molecule has 0 radical (unpaired) electrons. The molecule has 2 aliphatic heterocycles. The molecule has 0 amide bonds. The van der Waals surface area contributed by atoms with Crippen molar-refractivity contribution in [2.24, 2.45) is 0 Å². The Morgan fingerprint density at radius 2 is 0.690 bits per heavy atom. The summed E-state index contributed by atoms with van der Waals surface area (Å²) >= 11 is 0. The Hall–Kier alpha value is -10.9. The maximum atomic E-state index is 2.73. The van der Waals surface area contributed by atoms with E-state index in [9.17, 15) is 0 Å². The van der Waals surface area contributed by atoms with Crippen molar-refractivity contribution in [1.82, 2.24) is 9.13 Å². The molecule has 0 atom stereocenters. The third-order valence-electron chi connectivity index (χ3n) is 18.4. The summed E-state index contributed by atoms with van der Waals surface area (Å²) in [5.41, 5.74) is 27.8. The normalized spacial score (nSPS) is 12.7. The van der Waals surface area contributed by atoms with Gasteiger partial charge in [0, 0.05) is 72.2 Å². The molecule has 2 aliphatic rings. The number of fused-ring (bicyclic) bond motifs is 11. The fraction of sp³-hybridized carbons (Fsp3) is 0.0488. The van der Waals surface area contributed by atoms with Gasteiger partial charge in [-0.1, -0.05) is 263 Å². The first-order chi connectivity index (χ1) is 42.9. The molecule has 87 heavy (non-hydrogen) atoms. The fourth-order valence-corrected chi connectivity index (χ4v) is 14.6. The Morgan fingerprint density at radius 3 is 1.18 bits per heavy atom. The van der Waals surface area contributed by atoms with E-state index in [4.69, 9.17) is 0 Å². The molecule has 0 saturated heterocycles. The average Bonchev–Trinajstić information content (AvgIpc) is 1.57. The Balaban J connectivity index is 1.08. The van der Waals surface area contributed by atoms with Crippen molar-refractivity contribution >= 4 is 101 Å². The maximum Gasteiger partial charge on any atom is 0.252 e. The minimum Gasteiger partial charge on any atom is -0.310 e. The standard InChI is InChI=1S/C82H59BN4/c1-82(2,3)58-51-75-78-76(52-58)87(80-63(56-31-13-6-14-32-56)42-26-43-64(80)57-33-15-7-16-34-57)81-69(49-50-73-77(81)67-39-21-24-46-72(67)84(73)59-35-17-8-18-36-59)83(78)68-48-47-60(85-70-44-22-19-37-65(70)66-38-20-23-45-71(66)85)53-74(68)86(75)79-61(54-27-9-4-10-28-54)40-25-41-62(79)55-29-11-5-12-30-55/h4-53H,1-3H3. The average molecular weight is 1110 g/mol. The highest BCUT2D eigenvalue weighted by atomic mass is 15.2. The Kier molecular flexibility index (Phi) is 11.6. The number of aromatic nitrogens is 2. The highest BCUT2D eigenvalue weighted by Gasteiger charge is 2.47. The van der Waals surface area contributed by atoms with Crippen LogP contribution in [0.25, 0.3) is 99.5 Å². The van der Waals surface area contributed by atoms with Gasteiger partial charge in [0.1, 0.15) is 0 Å². The number of nitrogens with zero attached hydrogens (tertiary/aromatic N) is 4. The lowest BCUT2D eigenvalue weighted by atomic mass is 9.33. The molecule has 0 saturated carbocycles. The lowest BCUT2D eigenvalue weighted by Crippen LogP contribution is -2.61. The van der Waals surface area contributed by atoms with E-state index in [1.165, 1.54) is 71.4 Å². The lowest BCUT2D eigenvalue weighted by Gasteiger charge is -2.46. The van der Waals surface area contributed by atoms with Crippen LogP contribution in [0.4, 0.5) is 34.1 Å². The molecular formula is C82H59BN4. The van der Waals surface area contributed by atoms with E-state index in [0.29, 0.717) is 0 Å². The molecule has 17 rings (SSSR count). The summed E-state index contributed by atoms with van der Waals surface area (Å²) in [6.45, 7) is 6.94. The van der Waals surface area contributed by atoms with E-state index in [-0.39, 0.29) is 12.1 Å². The van der Waals surface area contributed by atoms with Gasteiger partial charge in [0.15, 0.2) is 0 Å². The first-order valence-electron chi connectivity index (χ1n) is 30.4. The van der Waals surface area contributed by atoms with Crippen LogP contribution in [0.1, 0.15) is 26.3 Å². The summed E-state index contributed by atoms with van der Waals surface area (Å²) in [6.07, 6.45) is 0. The van der Waals surface area contributed by atoms with E-state index in [1.807, 2.05) is 0 Å². The van der Waals surface area contributed by atoms with Gasteiger partial charge in [-0.15, -0.1) is 0 Å². The first-order valence-corrected chi connectivity index (χ1v) is 30.4. The van der Waals surface area contributed by atoms with Crippen molar-refractivity contribution < 1.29 is 0 Å². The Bertz CT molecular complexity index is 5030. The predicted octanol–water partition coefficient (Wildman–Crippen LogP) is 19.9. The van der Waals surface area contributed by atoms with Crippen LogP contribution >= 0.6 is 0 Å². The topological polar surface area (TPSA) is 16.3 Å². The molecular weight excluding hydrogens is 1050 g/mol. The quantitative estimate of drug-likeness (QED) is 0.141. The van der Waals surface area contributed by atoms with Crippen LogP contribution in [0.15, 0.2) is 303 Å². The molecule has 410 valence electrons. The minimum absolute atomic E-state index is 0.204. The summed E-state index contributed by atoms with van der Waals surface area (Å²) in [7, 11) is 0. The van der Waals surface area contributed by atoms with Crippen LogP contribution in [0.3, 0.4) is 0 Å². The summed E-state index contributed by atoms with van der Waals surface area (Å²) in [4.78, 5) is 5.41. The molecule has 0 fully saturated rings. The van der Waals surface area contributed by atoms with Gasteiger partial charge in [-0.2, -0.15) is 0 Å². The molecule has 15 aromatic rings. The summed E-state index contributed by atoms with van der Waals surface area (Å²) < 4.78 is 4.97. The number of hydrogen-bond donors (Lipinski definition) is 0. The van der Waals surface area contributed by atoms with Gasteiger partial charge in [0.2, 0.25) is 0 Å². The van der Waals surface area contributed by atoms with Crippen LogP contribution < -0.4 is 26.2 Å². The van der Waals surface area contributed by atoms with Gasteiger partial charge in [0.05, 0.1) is 39.1 Å². The Morgan fingerprint density at radius 1 is 0.287 bits per heavy atom. The van der Waals surface area contributed by atoms with Gasteiger partial charge < -0.3 is 18.9 Å². The van der Waals surface area contributed by atoms with Crippen molar-refractivity contribution in [3.05, 3.63) is 309 Å². The van der Waals surface area contributed by atoms with Crippen molar-refractivity contribution in [2.45, 2.75) is 26.2 Å². The van der Waals surface area contributed by atoms with E-state index >= 15 is 0 Å². The second-order valence-corrected chi connectivity index (χ2v) is 24.3. The fourth-order valence-electron chi connectivity index (χ4n) is 14.6. The molecule has 0 unspecified atom stereocenters. The molecule has 0 spiro atoms. The third-order valence-corrected chi connectivity index (χ3v) is 18.4. The van der Waals surface area contributed by atoms with Gasteiger partial charge in [-0.3, -0.25) is 0 Å². The van der Waals surface area contributed by atoms with Crippen LogP contribution in [0.5, 0.6) is 0 Å². The molecule has 4 nitrogen and oxygen atoms in total. The number of rotatable bonds is 8. The maximum absolute atomic E-state index is 2.73. The number of hydrogen-bond acceptors (Lipinski definition) is 2. The lowest BCUT2D eigenvalue weighted by molar-refractivity contribution is 0.590. The largest absolute Gasteiger partial charge is 0.310 e. The van der Waals surface area contributed by atoms with Gasteiger partial charge in [0.25, 0.3) is 6.71 Å². The number of para-hydroxylation sites is 6. The SMILES string of the molecule is CC(C)(C)c1cc2c3c(c1)N(c1c(-c4ccccc4)cccc1-c1ccccc1)c1c(ccc4c1c1ccccc1n4-c1ccccc1)B3c1ccc(-n3c4ccccc4c4ccccc43)cc1N2c1c(-c2ccccc2)cccc1-c1ccccc1. The van der Waals surface area contributed by atoms with Crippen molar-refractivity contribution in [2.75, 3.05) is 9.80 Å². The second-order valence-electron chi connectivity index (χ2n) is 24.3. The van der Waals surface area contributed by atoms with Gasteiger partial charge in [-0.25, -0.2) is 0 Å². The van der Waals surface area contributed by atoms with E-state index in [0.717, 1.165) is 84.1 Å². The first kappa shape index (κ1) is 50.6. The molecule has 2 aromatic heterocycles. The predicted molar refractivity (Wildman–Crippen MR) is 370 cm³/mol. The summed E-state index contributed by atoms with van der Waals surface area (Å²) in [6, 6.07) is 113. The number of benzene rings is 13. The smallest absolute Gasteiger partial charge is 0.252 e. The highest BCUT2D eigenvalue weighted by Crippen LogP contribution is 2.55. The molecule has 13 aromatic carbocycles. The summed E-state index contributed by atoms with van der Waals surface area (Å²) in [5, 5.41) is 4.89. The van der Waals surface area contributed by atoms with E-state index < -0.39 is 0 Å². The second kappa shape index (κ2) is 19.9. The van der Waals surface area contributed by atoms with Crippen LogP contribution in [0, 0.1) is 0 Å². The molecule has 0 bridgehead atoms. The zero-order chi connectivity index (χ0) is 57.9. The summed E-state index contributed by atoms with van der Waals surface area (Å²) in [5.74, 6) is 0. The highest BCUT2D eigenvalue weighted by molar-refractivity contribution is 7.00. The van der Waals surface area contributed by atoms with Gasteiger partial charge in [-0.05, 0) is 110 Å². The van der Waals surface area contributed by atoms with Crippen molar-refractivity contribution in [3.8, 4) is 55.9 Å². The third kappa shape index (κ3) is 7.86. The van der Waals surface area contributed by atoms with Crippen LogP contribution in [-0.4, -0.2) is 15.8 Å². The van der Waals surface area contributed by atoms with Crippen LogP contribution in [0.2, 0.25) is 0 Å². The van der Waals surface area contributed by atoms with E-state index in [2.05, 4.69) is 343 Å². The monoisotopic (exact) mass is 1110 g/mol.